The maximum atomic E-state index is 12.8. The van der Waals surface area contributed by atoms with Crippen molar-refractivity contribution in [2.24, 2.45) is 0 Å². The van der Waals surface area contributed by atoms with E-state index in [0.717, 1.165) is 48.4 Å². The van der Waals surface area contributed by atoms with Crippen molar-refractivity contribution in [1.29, 1.82) is 0 Å². The molecule has 0 N–H and O–H groups in total. The third-order valence-corrected chi connectivity index (χ3v) is 5.61. The van der Waals surface area contributed by atoms with Crippen LogP contribution in [0.1, 0.15) is 35.2 Å². The number of nitrogens with zero attached hydrogens (tertiary/aromatic N) is 2. The quantitative estimate of drug-likeness (QED) is 0.796. The number of ether oxygens (including phenoxy) is 3. The van der Waals surface area contributed by atoms with Crippen LogP contribution in [0.4, 0.5) is 0 Å². The van der Waals surface area contributed by atoms with Crippen molar-refractivity contribution in [3.63, 3.8) is 0 Å². The van der Waals surface area contributed by atoms with Gasteiger partial charge in [-0.25, -0.2) is 0 Å². The molecule has 28 heavy (non-hydrogen) atoms. The number of carbonyl (C=O) groups excluding carboxylic acids is 1. The van der Waals surface area contributed by atoms with Crippen molar-refractivity contribution in [2.75, 3.05) is 27.4 Å². The minimum atomic E-state index is 0.00167. The van der Waals surface area contributed by atoms with Crippen LogP contribution in [0.5, 0.6) is 17.2 Å². The van der Waals surface area contributed by atoms with Crippen LogP contribution in [0.3, 0.4) is 0 Å². The molecule has 1 aliphatic carbocycles. The molecule has 6 heteroatoms. The summed E-state index contributed by atoms with van der Waals surface area (Å²) < 4.78 is 16.7. The topological polar surface area (TPSA) is 60.9 Å². The van der Waals surface area contributed by atoms with Gasteiger partial charge in [0.25, 0.3) is 5.91 Å². The summed E-state index contributed by atoms with van der Waals surface area (Å²) >= 11 is 0. The minimum Gasteiger partial charge on any atom is -0.493 e. The van der Waals surface area contributed by atoms with Gasteiger partial charge in [-0.15, -0.1) is 0 Å². The number of aryl methyl sites for hydroxylation is 1. The average molecular weight is 382 g/mol. The molecule has 0 saturated heterocycles. The number of fused-ring (bicyclic) bond motifs is 2. The lowest BCUT2D eigenvalue weighted by atomic mass is 9.95. The fourth-order valence-electron chi connectivity index (χ4n) is 4.05. The van der Waals surface area contributed by atoms with Crippen LogP contribution in [0, 0.1) is 0 Å². The molecule has 1 aliphatic heterocycles. The van der Waals surface area contributed by atoms with Gasteiger partial charge in [0.15, 0.2) is 18.1 Å². The molecule has 1 amide bonds. The average Bonchev–Trinajstić information content (AvgIpc) is 2.75. The Morgan fingerprint density at radius 3 is 2.57 bits per heavy atom. The molecule has 0 fully saturated rings. The molecule has 0 atom stereocenters. The second-order valence-corrected chi connectivity index (χ2v) is 7.27. The monoisotopic (exact) mass is 382 g/mol. The van der Waals surface area contributed by atoms with E-state index in [-0.39, 0.29) is 12.5 Å². The molecule has 0 bridgehead atoms. The SMILES string of the molecule is COc1cc2c(cc1OC)CN(C(=O)COc1ccnc3c1CCCC3)CC2. The van der Waals surface area contributed by atoms with Crippen molar-refractivity contribution in [3.8, 4) is 17.2 Å². The molecule has 4 rings (SSSR count). The first-order chi connectivity index (χ1) is 13.7. The lowest BCUT2D eigenvalue weighted by molar-refractivity contribution is -0.134. The fraction of sp³-hybridized carbons (Fsp3) is 0.455. The molecular formula is C22H26N2O4. The normalized spacial score (nSPS) is 15.4. The predicted octanol–water partition coefficient (Wildman–Crippen LogP) is 2.94. The first-order valence-electron chi connectivity index (χ1n) is 9.80. The lowest BCUT2D eigenvalue weighted by Crippen LogP contribution is -2.39. The summed E-state index contributed by atoms with van der Waals surface area (Å²) in [5.41, 5.74) is 4.58. The van der Waals surface area contributed by atoms with Crippen LogP contribution in [-0.4, -0.2) is 43.2 Å². The third-order valence-electron chi connectivity index (χ3n) is 5.61. The smallest absolute Gasteiger partial charge is 0.260 e. The third kappa shape index (κ3) is 3.63. The summed E-state index contributed by atoms with van der Waals surface area (Å²) in [5.74, 6) is 2.23. The molecule has 0 saturated carbocycles. The maximum Gasteiger partial charge on any atom is 0.260 e. The second-order valence-electron chi connectivity index (χ2n) is 7.27. The number of benzene rings is 1. The molecule has 1 aromatic carbocycles. The van der Waals surface area contributed by atoms with Gasteiger partial charge in [-0.3, -0.25) is 9.78 Å². The first-order valence-corrected chi connectivity index (χ1v) is 9.80. The van der Waals surface area contributed by atoms with Crippen LogP contribution < -0.4 is 14.2 Å². The van der Waals surface area contributed by atoms with E-state index in [1.807, 2.05) is 23.1 Å². The Balaban J connectivity index is 1.43. The molecule has 2 aromatic rings. The van der Waals surface area contributed by atoms with Crippen molar-refractivity contribution in [1.82, 2.24) is 9.88 Å². The summed E-state index contributed by atoms with van der Waals surface area (Å²) in [5, 5.41) is 0. The summed E-state index contributed by atoms with van der Waals surface area (Å²) in [6, 6.07) is 5.85. The summed E-state index contributed by atoms with van der Waals surface area (Å²) in [7, 11) is 3.26. The van der Waals surface area contributed by atoms with Crippen molar-refractivity contribution in [3.05, 3.63) is 46.8 Å². The Bertz CT molecular complexity index is 881. The maximum absolute atomic E-state index is 12.8. The van der Waals surface area contributed by atoms with Crippen LogP contribution >= 0.6 is 0 Å². The Morgan fingerprint density at radius 1 is 1.04 bits per heavy atom. The van der Waals surface area contributed by atoms with E-state index >= 15 is 0 Å². The molecule has 1 aromatic heterocycles. The second kappa shape index (κ2) is 8.09. The minimum absolute atomic E-state index is 0.00167. The molecule has 2 heterocycles. The van der Waals surface area contributed by atoms with Crippen LogP contribution in [0.2, 0.25) is 0 Å². The van der Waals surface area contributed by atoms with Gasteiger partial charge in [0.2, 0.25) is 0 Å². The van der Waals surface area contributed by atoms with Gasteiger partial charge >= 0.3 is 0 Å². The Morgan fingerprint density at radius 2 is 1.79 bits per heavy atom. The molecule has 0 radical (unpaired) electrons. The first kappa shape index (κ1) is 18.6. The van der Waals surface area contributed by atoms with Gasteiger partial charge in [0, 0.05) is 30.5 Å². The van der Waals surface area contributed by atoms with E-state index in [2.05, 4.69) is 4.98 Å². The van der Waals surface area contributed by atoms with E-state index < -0.39 is 0 Å². The van der Waals surface area contributed by atoms with E-state index in [1.165, 1.54) is 17.5 Å². The number of aromatic nitrogens is 1. The largest absolute Gasteiger partial charge is 0.493 e. The van der Waals surface area contributed by atoms with Gasteiger partial charge in [-0.2, -0.15) is 0 Å². The van der Waals surface area contributed by atoms with Gasteiger partial charge in [-0.05, 0) is 61.4 Å². The Hall–Kier alpha value is -2.76. The summed E-state index contributed by atoms with van der Waals surface area (Å²) in [4.78, 5) is 19.1. The van der Waals surface area contributed by atoms with Gasteiger partial charge in [0.1, 0.15) is 5.75 Å². The highest BCUT2D eigenvalue weighted by Crippen LogP contribution is 2.33. The summed E-state index contributed by atoms with van der Waals surface area (Å²) in [6.07, 6.45) is 6.87. The number of rotatable bonds is 5. The number of methoxy groups -OCH3 is 2. The number of hydrogen-bond acceptors (Lipinski definition) is 5. The number of pyridine rings is 1. The van der Waals surface area contributed by atoms with Crippen molar-refractivity contribution in [2.45, 2.75) is 38.6 Å². The Kier molecular flexibility index (Phi) is 5.37. The molecule has 148 valence electrons. The van der Waals surface area contributed by atoms with Gasteiger partial charge < -0.3 is 19.1 Å². The van der Waals surface area contributed by atoms with E-state index in [0.29, 0.717) is 18.8 Å². The highest BCUT2D eigenvalue weighted by molar-refractivity contribution is 5.78. The molecule has 0 spiro atoms. The molecule has 6 nitrogen and oxygen atoms in total. The standard InChI is InChI=1S/C22H26N2O4/c1-26-20-11-15-8-10-24(13-16(15)12-21(20)27-2)22(25)14-28-19-7-9-23-18-6-4-3-5-17(18)19/h7,9,11-12H,3-6,8,10,13-14H2,1-2H3. The van der Waals surface area contributed by atoms with Crippen molar-refractivity contribution >= 4 is 5.91 Å². The highest BCUT2D eigenvalue weighted by Gasteiger charge is 2.24. The highest BCUT2D eigenvalue weighted by atomic mass is 16.5. The number of hydrogen-bond donors (Lipinski definition) is 0. The summed E-state index contributed by atoms with van der Waals surface area (Å²) in [6.45, 7) is 1.30. The van der Waals surface area contributed by atoms with Crippen LogP contribution in [0.25, 0.3) is 0 Å². The zero-order chi connectivity index (χ0) is 19.5. The molecular weight excluding hydrogens is 356 g/mol. The number of carbonyl (C=O) groups is 1. The van der Waals surface area contributed by atoms with Gasteiger partial charge in [-0.1, -0.05) is 0 Å². The van der Waals surface area contributed by atoms with E-state index in [1.54, 1.807) is 20.4 Å². The zero-order valence-electron chi connectivity index (χ0n) is 16.5. The van der Waals surface area contributed by atoms with Crippen LogP contribution in [-0.2, 0) is 30.6 Å². The van der Waals surface area contributed by atoms with E-state index in [9.17, 15) is 4.79 Å². The van der Waals surface area contributed by atoms with E-state index in [4.69, 9.17) is 14.2 Å². The van der Waals surface area contributed by atoms with Gasteiger partial charge in [0.05, 0.1) is 14.2 Å². The number of amides is 1. The van der Waals surface area contributed by atoms with Crippen molar-refractivity contribution < 1.29 is 19.0 Å². The predicted molar refractivity (Wildman–Crippen MR) is 105 cm³/mol. The Labute approximate surface area is 165 Å². The van der Waals surface area contributed by atoms with Crippen LogP contribution in [0.15, 0.2) is 24.4 Å². The molecule has 2 aliphatic rings. The molecule has 0 unspecified atom stereocenters. The fourth-order valence-corrected chi connectivity index (χ4v) is 4.05. The zero-order valence-corrected chi connectivity index (χ0v) is 16.5. The lowest BCUT2D eigenvalue weighted by Gasteiger charge is -2.30.